The van der Waals surface area contributed by atoms with Crippen LogP contribution in [0.15, 0.2) is 18.2 Å². The smallest absolute Gasteiger partial charge is 0.124 e. The van der Waals surface area contributed by atoms with Crippen LogP contribution in [0.2, 0.25) is 0 Å². The Balaban J connectivity index is 2.07. The van der Waals surface area contributed by atoms with Crippen LogP contribution >= 0.6 is 0 Å². The van der Waals surface area contributed by atoms with Crippen LogP contribution in [0.1, 0.15) is 30.9 Å². The highest BCUT2D eigenvalue weighted by Gasteiger charge is 2.19. The highest BCUT2D eigenvalue weighted by Crippen LogP contribution is 2.27. The van der Waals surface area contributed by atoms with Crippen molar-refractivity contribution in [1.29, 1.82) is 0 Å². The number of halogens is 1. The number of hydrogen-bond donors (Lipinski definition) is 1. The van der Waals surface area contributed by atoms with Gasteiger partial charge in [-0.25, -0.2) is 4.39 Å². The first-order valence-corrected chi connectivity index (χ1v) is 6.44. The van der Waals surface area contributed by atoms with Gasteiger partial charge in [-0.05, 0) is 44.1 Å². The van der Waals surface area contributed by atoms with Crippen LogP contribution in [0.4, 0.5) is 4.39 Å². The van der Waals surface area contributed by atoms with Gasteiger partial charge in [-0.3, -0.25) is 0 Å². The molecular weight excluding hydrogens is 233 g/mol. The topological polar surface area (TPSA) is 32.7 Å². The summed E-state index contributed by atoms with van der Waals surface area (Å²) in [6.45, 7) is 2.56. The van der Waals surface area contributed by atoms with Crippen LogP contribution in [0.5, 0.6) is 5.75 Å². The minimum Gasteiger partial charge on any atom is -0.496 e. The highest BCUT2D eigenvalue weighted by molar-refractivity contribution is 5.35. The van der Waals surface area contributed by atoms with Gasteiger partial charge in [0.1, 0.15) is 11.6 Å². The first-order chi connectivity index (χ1) is 8.70. The summed E-state index contributed by atoms with van der Waals surface area (Å²) in [4.78, 5) is 2.22. The van der Waals surface area contributed by atoms with Gasteiger partial charge in [-0.2, -0.15) is 0 Å². The molecule has 2 rings (SSSR count). The van der Waals surface area contributed by atoms with Crippen LogP contribution < -0.4 is 4.74 Å². The van der Waals surface area contributed by atoms with E-state index in [1.54, 1.807) is 6.07 Å². The molecule has 1 aliphatic rings. The average molecular weight is 253 g/mol. The quantitative estimate of drug-likeness (QED) is 0.894. The monoisotopic (exact) mass is 253 g/mol. The Hall–Kier alpha value is -1.13. The van der Waals surface area contributed by atoms with Gasteiger partial charge in [0.2, 0.25) is 0 Å². The van der Waals surface area contributed by atoms with Crippen molar-refractivity contribution in [2.24, 2.45) is 0 Å². The van der Waals surface area contributed by atoms with Crippen molar-refractivity contribution in [2.75, 3.05) is 26.7 Å². The van der Waals surface area contributed by atoms with Crippen LogP contribution in [0.3, 0.4) is 0 Å². The summed E-state index contributed by atoms with van der Waals surface area (Å²) in [5.74, 6) is 0.199. The van der Waals surface area contributed by atoms with E-state index in [1.807, 2.05) is 0 Å². The summed E-state index contributed by atoms with van der Waals surface area (Å²) in [5, 5.41) is 10.2. The number of likely N-dealkylation sites (tertiary alicyclic amines) is 1. The lowest BCUT2D eigenvalue weighted by Crippen LogP contribution is -2.33. The van der Waals surface area contributed by atoms with Gasteiger partial charge in [-0.15, -0.1) is 0 Å². The summed E-state index contributed by atoms with van der Waals surface area (Å²) in [7, 11) is 1.53. The number of aliphatic hydroxyl groups is 1. The summed E-state index contributed by atoms with van der Waals surface area (Å²) in [5.41, 5.74) is 0.531. The van der Waals surface area contributed by atoms with Crippen LogP contribution in [-0.4, -0.2) is 36.8 Å². The fourth-order valence-electron chi connectivity index (χ4n) is 2.45. The van der Waals surface area contributed by atoms with Crippen LogP contribution in [-0.2, 0) is 0 Å². The van der Waals surface area contributed by atoms with Crippen LogP contribution in [0.25, 0.3) is 0 Å². The minimum absolute atomic E-state index is 0.344. The second-order valence-corrected chi connectivity index (χ2v) is 4.76. The van der Waals surface area contributed by atoms with E-state index in [0.29, 0.717) is 17.9 Å². The molecule has 1 aliphatic heterocycles. The molecule has 1 aromatic rings. The van der Waals surface area contributed by atoms with Crippen molar-refractivity contribution in [1.82, 2.24) is 4.90 Å². The third kappa shape index (κ3) is 3.21. The van der Waals surface area contributed by atoms with E-state index in [1.165, 1.54) is 38.5 Å². The average Bonchev–Trinajstić information content (AvgIpc) is 2.40. The Morgan fingerprint density at radius 1 is 1.33 bits per heavy atom. The lowest BCUT2D eigenvalue weighted by atomic mass is 10.1. The first kappa shape index (κ1) is 13.3. The summed E-state index contributed by atoms with van der Waals surface area (Å²) >= 11 is 0. The second-order valence-electron chi connectivity index (χ2n) is 4.76. The van der Waals surface area contributed by atoms with Crippen molar-refractivity contribution < 1.29 is 14.2 Å². The molecule has 4 heteroatoms. The maximum absolute atomic E-state index is 13.2. The fourth-order valence-corrected chi connectivity index (χ4v) is 2.45. The van der Waals surface area contributed by atoms with E-state index in [0.717, 1.165) is 13.1 Å². The van der Waals surface area contributed by atoms with Gasteiger partial charge < -0.3 is 14.7 Å². The molecule has 0 spiro atoms. The number of benzene rings is 1. The predicted molar refractivity (Wildman–Crippen MR) is 68.2 cm³/mol. The summed E-state index contributed by atoms with van der Waals surface area (Å²) in [6, 6.07) is 4.26. The number of β-amino-alcohol motifs (C(OH)–C–C–N with tert-alkyl or cyclic N) is 1. The number of piperidine rings is 1. The normalized spacial score (nSPS) is 18.6. The van der Waals surface area contributed by atoms with Gasteiger partial charge in [0.05, 0.1) is 13.2 Å². The molecule has 1 saturated heterocycles. The van der Waals surface area contributed by atoms with Gasteiger partial charge in [0, 0.05) is 12.1 Å². The molecule has 0 aliphatic carbocycles. The van der Waals surface area contributed by atoms with Gasteiger partial charge in [0.25, 0.3) is 0 Å². The van der Waals surface area contributed by atoms with Crippen LogP contribution in [0, 0.1) is 5.82 Å². The molecular formula is C14H20FNO2. The third-order valence-electron chi connectivity index (χ3n) is 3.43. The number of rotatable bonds is 4. The molecule has 100 valence electrons. The molecule has 0 radical (unpaired) electrons. The first-order valence-electron chi connectivity index (χ1n) is 6.44. The standard InChI is InChI=1S/C14H20FNO2/c1-18-14-6-5-11(15)9-12(14)13(17)10-16-7-3-2-4-8-16/h5-6,9,13,17H,2-4,7-8,10H2,1H3. The zero-order valence-corrected chi connectivity index (χ0v) is 10.7. The Morgan fingerprint density at radius 2 is 2.06 bits per heavy atom. The largest absolute Gasteiger partial charge is 0.496 e. The Kier molecular flexibility index (Phi) is 4.55. The fraction of sp³-hybridized carbons (Fsp3) is 0.571. The molecule has 0 aromatic heterocycles. The predicted octanol–water partition coefficient (Wildman–Crippen LogP) is 2.35. The van der Waals surface area contributed by atoms with Crippen molar-refractivity contribution in [3.63, 3.8) is 0 Å². The molecule has 1 unspecified atom stereocenters. The second kappa shape index (κ2) is 6.16. The zero-order valence-electron chi connectivity index (χ0n) is 10.7. The molecule has 0 amide bonds. The SMILES string of the molecule is COc1ccc(F)cc1C(O)CN1CCCCC1. The van der Waals surface area contributed by atoms with Crippen molar-refractivity contribution in [2.45, 2.75) is 25.4 Å². The van der Waals surface area contributed by atoms with E-state index >= 15 is 0 Å². The number of ether oxygens (including phenoxy) is 1. The van der Waals surface area contributed by atoms with E-state index < -0.39 is 6.10 Å². The molecule has 1 heterocycles. The molecule has 0 bridgehead atoms. The summed E-state index contributed by atoms with van der Waals surface area (Å²) in [6.07, 6.45) is 2.91. The van der Waals surface area contributed by atoms with E-state index in [4.69, 9.17) is 4.74 Å². The molecule has 1 N–H and O–H groups in total. The van der Waals surface area contributed by atoms with E-state index in [2.05, 4.69) is 4.90 Å². The maximum Gasteiger partial charge on any atom is 0.124 e. The summed E-state index contributed by atoms with van der Waals surface area (Å²) < 4.78 is 18.4. The molecule has 1 atom stereocenters. The number of nitrogens with zero attached hydrogens (tertiary/aromatic N) is 1. The van der Waals surface area contributed by atoms with Gasteiger partial charge in [0.15, 0.2) is 0 Å². The highest BCUT2D eigenvalue weighted by atomic mass is 19.1. The lowest BCUT2D eigenvalue weighted by Gasteiger charge is -2.29. The lowest BCUT2D eigenvalue weighted by molar-refractivity contribution is 0.0991. The van der Waals surface area contributed by atoms with Crippen molar-refractivity contribution in [3.05, 3.63) is 29.6 Å². The molecule has 0 saturated carbocycles. The number of hydrogen-bond acceptors (Lipinski definition) is 3. The third-order valence-corrected chi connectivity index (χ3v) is 3.43. The Morgan fingerprint density at radius 3 is 2.72 bits per heavy atom. The van der Waals surface area contributed by atoms with Gasteiger partial charge >= 0.3 is 0 Å². The van der Waals surface area contributed by atoms with Gasteiger partial charge in [-0.1, -0.05) is 6.42 Å². The molecule has 3 nitrogen and oxygen atoms in total. The van der Waals surface area contributed by atoms with Crippen molar-refractivity contribution in [3.8, 4) is 5.75 Å². The Labute approximate surface area is 107 Å². The molecule has 1 fully saturated rings. The molecule has 18 heavy (non-hydrogen) atoms. The number of methoxy groups -OCH3 is 1. The van der Waals surface area contributed by atoms with Crippen molar-refractivity contribution >= 4 is 0 Å². The number of aliphatic hydroxyl groups excluding tert-OH is 1. The minimum atomic E-state index is -0.700. The van der Waals surface area contributed by atoms with E-state index in [-0.39, 0.29) is 5.82 Å². The zero-order chi connectivity index (χ0) is 13.0. The maximum atomic E-state index is 13.2. The van der Waals surface area contributed by atoms with E-state index in [9.17, 15) is 9.50 Å². The molecule has 1 aromatic carbocycles. The Bertz CT molecular complexity index is 391.